The van der Waals surface area contributed by atoms with Crippen molar-refractivity contribution in [1.29, 1.82) is 0 Å². The molecule has 0 bridgehead atoms. The van der Waals surface area contributed by atoms with E-state index < -0.39 is 12.1 Å². The zero-order valence-electron chi connectivity index (χ0n) is 6.04. The van der Waals surface area contributed by atoms with E-state index in [4.69, 9.17) is 45.8 Å². The normalized spacial score (nSPS) is 23.2. The van der Waals surface area contributed by atoms with Crippen molar-refractivity contribution in [2.75, 3.05) is 0 Å². The minimum absolute atomic E-state index is 0.0610. The molecule has 0 fully saturated rings. The summed E-state index contributed by atoms with van der Waals surface area (Å²) >= 11 is 16.6. The highest BCUT2D eigenvalue weighted by molar-refractivity contribution is 6.76. The predicted octanol–water partition coefficient (Wildman–Crippen LogP) is 0.870. The third-order valence-electron chi connectivity index (χ3n) is 1.31. The molecule has 1 aliphatic rings. The van der Waals surface area contributed by atoms with Crippen molar-refractivity contribution in [1.82, 2.24) is 4.42 Å². The van der Waals surface area contributed by atoms with Gasteiger partial charge in [-0.05, 0) is 0 Å². The minimum Gasteiger partial charge on any atom is -0.478 e. The lowest BCUT2D eigenvalue weighted by atomic mass is 10.4. The molecule has 0 amide bonds. The van der Waals surface area contributed by atoms with Gasteiger partial charge in [0, 0.05) is 11.8 Å². The Morgan fingerprint density at radius 2 is 2.15 bits per heavy atom. The highest BCUT2D eigenvalue weighted by Crippen LogP contribution is 2.24. The molecule has 0 aliphatic carbocycles. The molecule has 1 heterocycles. The number of halogens is 3. The average molecular weight is 244 g/mol. The average Bonchev–Trinajstić information content (AvgIpc) is 2.07. The Balaban J connectivity index is 3.07. The molecule has 1 aliphatic heterocycles. The van der Waals surface area contributed by atoms with E-state index in [0.717, 1.165) is 0 Å². The number of hydrogen-bond acceptors (Lipinski definition) is 4. The maximum Gasteiger partial charge on any atom is 0.350 e. The highest BCUT2D eigenvalue weighted by atomic mass is 35.5. The lowest BCUT2D eigenvalue weighted by Crippen LogP contribution is -2.39. The van der Waals surface area contributed by atoms with Gasteiger partial charge in [-0.15, -0.1) is 0 Å². The van der Waals surface area contributed by atoms with E-state index >= 15 is 0 Å². The molecule has 5 nitrogen and oxygen atoms in total. The maximum atomic E-state index is 10.5. The molecule has 72 valence electrons. The molecule has 0 aromatic rings. The number of carboxylic acids is 1. The smallest absolute Gasteiger partial charge is 0.350 e. The largest absolute Gasteiger partial charge is 0.478 e. The number of allylic oxidation sites excluding steroid dienone is 1. The molecule has 1 atom stereocenters. The zero-order chi connectivity index (χ0) is 10.2. The third-order valence-corrected chi connectivity index (χ3v) is 2.43. The summed E-state index contributed by atoms with van der Waals surface area (Å²) in [4.78, 5) is 14.1. The van der Waals surface area contributed by atoms with Crippen LogP contribution in [0, 0.1) is 0 Å². The van der Waals surface area contributed by atoms with E-state index in [2.05, 4.69) is 4.99 Å². The van der Waals surface area contributed by atoms with E-state index in [0.29, 0.717) is 4.42 Å². The van der Waals surface area contributed by atoms with Gasteiger partial charge in [-0.25, -0.2) is 14.2 Å². The Bertz CT molecular complexity index is 314. The number of nitrogens with two attached hydrogens (primary N) is 1. The Morgan fingerprint density at radius 1 is 1.62 bits per heavy atom. The summed E-state index contributed by atoms with van der Waals surface area (Å²) in [6.07, 6.45) is -1.34. The first-order chi connectivity index (χ1) is 5.95. The van der Waals surface area contributed by atoms with Crippen molar-refractivity contribution in [2.24, 2.45) is 10.7 Å². The topological polar surface area (TPSA) is 78.9 Å². The van der Waals surface area contributed by atoms with Crippen LogP contribution in [0.25, 0.3) is 0 Å². The number of hydrogen-bond donors (Lipinski definition) is 2. The van der Waals surface area contributed by atoms with E-state index in [-0.39, 0.29) is 16.0 Å². The molecule has 8 heteroatoms. The van der Waals surface area contributed by atoms with Crippen molar-refractivity contribution >= 4 is 46.1 Å². The number of nitrogens with zero attached hydrogens (tertiary/aromatic N) is 2. The van der Waals surface area contributed by atoms with Gasteiger partial charge in [0.25, 0.3) is 0 Å². The van der Waals surface area contributed by atoms with E-state index in [1.54, 1.807) is 0 Å². The maximum absolute atomic E-state index is 10.5. The molecule has 0 saturated carbocycles. The van der Waals surface area contributed by atoms with Crippen molar-refractivity contribution in [3.8, 4) is 0 Å². The van der Waals surface area contributed by atoms with Gasteiger partial charge in [0.15, 0.2) is 0 Å². The van der Waals surface area contributed by atoms with Crippen LogP contribution in [-0.2, 0) is 4.79 Å². The molecule has 0 saturated heterocycles. The van der Waals surface area contributed by atoms with Crippen LogP contribution in [0.4, 0.5) is 0 Å². The summed E-state index contributed by atoms with van der Waals surface area (Å²) in [6.45, 7) is 0. The van der Waals surface area contributed by atoms with E-state index in [9.17, 15) is 4.79 Å². The van der Waals surface area contributed by atoms with Crippen LogP contribution in [0.1, 0.15) is 0 Å². The van der Waals surface area contributed by atoms with Crippen LogP contribution in [0.2, 0.25) is 0 Å². The molecule has 0 aromatic heterocycles. The predicted molar refractivity (Wildman–Crippen MR) is 49.5 cm³/mol. The molecular formula is C5H4Cl3N3O2. The molecule has 0 spiro atoms. The molecule has 0 radical (unpaired) electrons. The molecule has 1 unspecified atom stereocenters. The summed E-state index contributed by atoms with van der Waals surface area (Å²) in [7, 11) is 0. The van der Waals surface area contributed by atoms with Gasteiger partial charge < -0.3 is 10.8 Å². The fourth-order valence-corrected chi connectivity index (χ4v) is 1.28. The number of carbonyl (C=O) groups is 1. The fourth-order valence-electron chi connectivity index (χ4n) is 0.698. The van der Waals surface area contributed by atoms with Crippen molar-refractivity contribution in [2.45, 2.75) is 6.17 Å². The second kappa shape index (κ2) is 3.61. The Kier molecular flexibility index (Phi) is 2.90. The van der Waals surface area contributed by atoms with Crippen LogP contribution in [0.15, 0.2) is 15.8 Å². The minimum atomic E-state index is -1.34. The second-order valence-electron chi connectivity index (χ2n) is 2.14. The van der Waals surface area contributed by atoms with Gasteiger partial charge in [-0.1, -0.05) is 23.2 Å². The molecule has 13 heavy (non-hydrogen) atoms. The Morgan fingerprint density at radius 3 is 2.62 bits per heavy atom. The van der Waals surface area contributed by atoms with Crippen LogP contribution in [0.5, 0.6) is 0 Å². The van der Waals surface area contributed by atoms with Gasteiger partial charge in [-0.2, -0.15) is 0 Å². The molecular weight excluding hydrogens is 240 g/mol. The summed E-state index contributed by atoms with van der Waals surface area (Å²) < 4.78 is 0.705. The van der Waals surface area contributed by atoms with Crippen LogP contribution in [0.3, 0.4) is 0 Å². The van der Waals surface area contributed by atoms with Gasteiger partial charge >= 0.3 is 5.97 Å². The number of carboxylic acid groups (broad SMARTS) is 1. The SMILES string of the molecule is NC1=C(Cl)C(Cl)=NC(C(=O)O)N1Cl. The first kappa shape index (κ1) is 10.4. The first-order valence-corrected chi connectivity index (χ1v) is 4.11. The standard InChI is InChI=1S/C5H4Cl3N3O2/c6-1-2(7)10-4(5(12)13)11(8)3(1)9/h4H,9H2,(H,12,13). The summed E-state index contributed by atoms with van der Waals surface area (Å²) in [5, 5.41) is 8.39. The lowest BCUT2D eigenvalue weighted by Gasteiger charge is -2.24. The lowest BCUT2D eigenvalue weighted by molar-refractivity contribution is -0.140. The first-order valence-electron chi connectivity index (χ1n) is 3.02. The van der Waals surface area contributed by atoms with Crippen molar-refractivity contribution < 1.29 is 9.90 Å². The van der Waals surface area contributed by atoms with Gasteiger partial charge in [0.05, 0.1) is 0 Å². The number of aliphatic carboxylic acids is 1. The van der Waals surface area contributed by atoms with Crippen molar-refractivity contribution in [3.63, 3.8) is 0 Å². The van der Waals surface area contributed by atoms with Crippen LogP contribution in [-0.4, -0.2) is 26.8 Å². The van der Waals surface area contributed by atoms with Gasteiger partial charge in [0.2, 0.25) is 6.17 Å². The van der Waals surface area contributed by atoms with Crippen LogP contribution < -0.4 is 5.73 Å². The molecule has 0 aromatic carbocycles. The van der Waals surface area contributed by atoms with E-state index in [1.165, 1.54) is 0 Å². The van der Waals surface area contributed by atoms with Gasteiger partial charge in [0.1, 0.15) is 16.0 Å². The zero-order valence-corrected chi connectivity index (χ0v) is 8.31. The monoisotopic (exact) mass is 243 g/mol. The molecule has 1 rings (SSSR count). The second-order valence-corrected chi connectivity index (χ2v) is 3.24. The Labute approximate surface area is 88.5 Å². The summed E-state index contributed by atoms with van der Waals surface area (Å²) in [5.74, 6) is -1.39. The fraction of sp³-hybridized carbons (Fsp3) is 0.200. The van der Waals surface area contributed by atoms with Crippen molar-refractivity contribution in [3.05, 3.63) is 10.9 Å². The van der Waals surface area contributed by atoms with E-state index in [1.807, 2.05) is 0 Å². The van der Waals surface area contributed by atoms with Gasteiger partial charge in [-0.3, -0.25) is 0 Å². The summed E-state index contributed by atoms with van der Waals surface area (Å²) in [5.41, 5.74) is 5.35. The number of rotatable bonds is 1. The third kappa shape index (κ3) is 1.82. The summed E-state index contributed by atoms with van der Waals surface area (Å²) in [6, 6.07) is 0. The quantitative estimate of drug-likeness (QED) is 0.671. The highest BCUT2D eigenvalue weighted by Gasteiger charge is 2.31. The van der Waals surface area contributed by atoms with Crippen LogP contribution >= 0.6 is 35.0 Å². The molecule has 3 N–H and O–H groups in total. The number of aliphatic imine (C=N–C) groups is 1. The Hall–Kier alpha value is -0.650.